The van der Waals surface area contributed by atoms with Crippen molar-refractivity contribution in [1.29, 1.82) is 0 Å². The first-order valence-electron chi connectivity index (χ1n) is 6.53. The van der Waals surface area contributed by atoms with Crippen molar-refractivity contribution in [3.63, 3.8) is 0 Å². The minimum absolute atomic E-state index is 0.0314. The van der Waals surface area contributed by atoms with Crippen LogP contribution in [0.3, 0.4) is 0 Å². The molecule has 0 spiro atoms. The maximum absolute atomic E-state index is 10.7. The molecule has 1 N–H and O–H groups in total. The van der Waals surface area contributed by atoms with Gasteiger partial charge in [0.15, 0.2) is 0 Å². The molecule has 4 heteroatoms. The summed E-state index contributed by atoms with van der Waals surface area (Å²) in [5.41, 5.74) is 0.858. The SMILES string of the molecule is O=C(O)c1ccc(COc2cccc3ccccc23)cn1. The number of ether oxygens (including phenoxy) is 1. The predicted molar refractivity (Wildman–Crippen MR) is 79.5 cm³/mol. The molecule has 104 valence electrons. The Labute approximate surface area is 121 Å². The lowest BCUT2D eigenvalue weighted by Gasteiger charge is -2.09. The van der Waals surface area contributed by atoms with Gasteiger partial charge in [0.1, 0.15) is 18.1 Å². The summed E-state index contributed by atoms with van der Waals surface area (Å²) in [6.07, 6.45) is 1.52. The second-order valence-corrected chi connectivity index (χ2v) is 4.62. The molecule has 0 fully saturated rings. The van der Waals surface area contributed by atoms with Gasteiger partial charge >= 0.3 is 5.97 Å². The number of aromatic carboxylic acids is 1. The van der Waals surface area contributed by atoms with Crippen LogP contribution >= 0.6 is 0 Å². The minimum Gasteiger partial charge on any atom is -0.488 e. The van der Waals surface area contributed by atoms with Crippen molar-refractivity contribution in [3.8, 4) is 5.75 Å². The Morgan fingerprint density at radius 2 is 1.86 bits per heavy atom. The van der Waals surface area contributed by atoms with Gasteiger partial charge in [-0.2, -0.15) is 0 Å². The summed E-state index contributed by atoms with van der Waals surface area (Å²) in [7, 11) is 0. The molecule has 1 heterocycles. The summed E-state index contributed by atoms with van der Waals surface area (Å²) in [5.74, 6) is -0.230. The van der Waals surface area contributed by atoms with Gasteiger partial charge in [-0.3, -0.25) is 0 Å². The van der Waals surface area contributed by atoms with E-state index in [9.17, 15) is 4.79 Å². The number of pyridine rings is 1. The Bertz CT molecular complexity index is 776. The second-order valence-electron chi connectivity index (χ2n) is 4.62. The van der Waals surface area contributed by atoms with E-state index < -0.39 is 5.97 Å². The molecule has 21 heavy (non-hydrogen) atoms. The molecule has 0 amide bonds. The van der Waals surface area contributed by atoms with Gasteiger partial charge in [-0.05, 0) is 17.5 Å². The molecule has 0 aliphatic carbocycles. The van der Waals surface area contributed by atoms with Crippen LogP contribution in [0.2, 0.25) is 0 Å². The molecule has 1 aromatic heterocycles. The van der Waals surface area contributed by atoms with Crippen molar-refractivity contribution in [1.82, 2.24) is 4.98 Å². The third kappa shape index (κ3) is 2.84. The van der Waals surface area contributed by atoms with Gasteiger partial charge < -0.3 is 9.84 Å². The Balaban J connectivity index is 1.79. The van der Waals surface area contributed by atoms with Crippen LogP contribution in [0.15, 0.2) is 60.8 Å². The molecular weight excluding hydrogens is 266 g/mol. The average molecular weight is 279 g/mol. The Kier molecular flexibility index (Phi) is 3.51. The topological polar surface area (TPSA) is 59.4 Å². The molecule has 0 aliphatic heterocycles. The van der Waals surface area contributed by atoms with Crippen LogP contribution in [0.4, 0.5) is 0 Å². The van der Waals surface area contributed by atoms with E-state index in [1.165, 1.54) is 12.3 Å². The molecule has 0 bridgehead atoms. The van der Waals surface area contributed by atoms with Gasteiger partial charge in [-0.1, -0.05) is 42.5 Å². The van der Waals surface area contributed by atoms with Crippen molar-refractivity contribution in [2.24, 2.45) is 0 Å². The zero-order chi connectivity index (χ0) is 14.7. The zero-order valence-electron chi connectivity index (χ0n) is 11.2. The van der Waals surface area contributed by atoms with E-state index in [1.54, 1.807) is 6.07 Å². The Hall–Kier alpha value is -2.88. The highest BCUT2D eigenvalue weighted by Gasteiger charge is 2.05. The maximum atomic E-state index is 10.7. The summed E-state index contributed by atoms with van der Waals surface area (Å²) in [4.78, 5) is 14.6. The largest absolute Gasteiger partial charge is 0.488 e. The summed E-state index contributed by atoms with van der Waals surface area (Å²) in [6.45, 7) is 0.348. The molecule has 3 rings (SSSR count). The number of aromatic nitrogens is 1. The number of nitrogens with zero attached hydrogens (tertiary/aromatic N) is 1. The van der Waals surface area contributed by atoms with Crippen LogP contribution in [0, 0.1) is 0 Å². The van der Waals surface area contributed by atoms with Crippen LogP contribution in [-0.4, -0.2) is 16.1 Å². The first-order valence-corrected chi connectivity index (χ1v) is 6.53. The smallest absolute Gasteiger partial charge is 0.354 e. The Morgan fingerprint density at radius 3 is 2.62 bits per heavy atom. The highest BCUT2D eigenvalue weighted by atomic mass is 16.5. The van der Waals surface area contributed by atoms with E-state index in [-0.39, 0.29) is 5.69 Å². The zero-order valence-corrected chi connectivity index (χ0v) is 11.2. The molecule has 0 saturated carbocycles. The normalized spacial score (nSPS) is 10.5. The van der Waals surface area contributed by atoms with Gasteiger partial charge in [0.2, 0.25) is 0 Å². The highest BCUT2D eigenvalue weighted by molar-refractivity contribution is 5.88. The number of hydrogen-bond donors (Lipinski definition) is 1. The third-order valence-corrected chi connectivity index (χ3v) is 3.19. The molecule has 2 aromatic carbocycles. The second kappa shape index (κ2) is 5.63. The fourth-order valence-corrected chi connectivity index (χ4v) is 2.12. The number of carbonyl (C=O) groups is 1. The van der Waals surface area contributed by atoms with Crippen molar-refractivity contribution in [3.05, 3.63) is 72.1 Å². The molecule has 0 unspecified atom stereocenters. The summed E-state index contributed by atoms with van der Waals surface area (Å²) in [6, 6.07) is 17.1. The first-order chi connectivity index (χ1) is 10.2. The van der Waals surface area contributed by atoms with Crippen molar-refractivity contribution < 1.29 is 14.6 Å². The molecule has 0 saturated heterocycles. The number of carboxylic acids is 1. The van der Waals surface area contributed by atoms with Gasteiger partial charge in [0.25, 0.3) is 0 Å². The fraction of sp³-hybridized carbons (Fsp3) is 0.0588. The van der Waals surface area contributed by atoms with Crippen molar-refractivity contribution in [2.45, 2.75) is 6.61 Å². The van der Waals surface area contributed by atoms with Gasteiger partial charge in [-0.15, -0.1) is 0 Å². The molecule has 0 atom stereocenters. The minimum atomic E-state index is -1.03. The number of benzene rings is 2. The predicted octanol–water partition coefficient (Wildman–Crippen LogP) is 3.51. The molecule has 0 radical (unpaired) electrons. The van der Waals surface area contributed by atoms with E-state index in [2.05, 4.69) is 4.98 Å². The molecule has 0 aliphatic rings. The lowest BCUT2D eigenvalue weighted by Crippen LogP contribution is -2.02. The molecule has 4 nitrogen and oxygen atoms in total. The van der Waals surface area contributed by atoms with Crippen LogP contribution in [0.1, 0.15) is 16.1 Å². The fourth-order valence-electron chi connectivity index (χ4n) is 2.12. The highest BCUT2D eigenvalue weighted by Crippen LogP contribution is 2.25. The van der Waals surface area contributed by atoms with Crippen LogP contribution in [-0.2, 0) is 6.61 Å². The van der Waals surface area contributed by atoms with Crippen LogP contribution in [0.25, 0.3) is 10.8 Å². The lowest BCUT2D eigenvalue weighted by atomic mass is 10.1. The maximum Gasteiger partial charge on any atom is 0.354 e. The summed E-state index contributed by atoms with van der Waals surface area (Å²) < 4.78 is 5.82. The van der Waals surface area contributed by atoms with E-state index in [0.29, 0.717) is 6.61 Å². The van der Waals surface area contributed by atoms with E-state index >= 15 is 0 Å². The monoisotopic (exact) mass is 279 g/mol. The first kappa shape index (κ1) is 13.1. The third-order valence-electron chi connectivity index (χ3n) is 3.19. The van der Waals surface area contributed by atoms with Crippen LogP contribution < -0.4 is 4.74 Å². The summed E-state index contributed by atoms with van der Waals surface area (Å²) >= 11 is 0. The van der Waals surface area contributed by atoms with Crippen molar-refractivity contribution >= 4 is 16.7 Å². The summed E-state index contributed by atoms with van der Waals surface area (Å²) in [5, 5.41) is 11.0. The standard InChI is InChI=1S/C17H13NO3/c19-17(20)15-9-8-12(10-18-15)11-21-16-7-3-5-13-4-1-2-6-14(13)16/h1-10H,11H2,(H,19,20). The number of fused-ring (bicyclic) bond motifs is 1. The van der Waals surface area contributed by atoms with Crippen molar-refractivity contribution in [2.75, 3.05) is 0 Å². The number of hydrogen-bond acceptors (Lipinski definition) is 3. The van der Waals surface area contributed by atoms with E-state index in [4.69, 9.17) is 9.84 Å². The van der Waals surface area contributed by atoms with Gasteiger partial charge in [-0.25, -0.2) is 9.78 Å². The quantitative estimate of drug-likeness (QED) is 0.794. The molecular formula is C17H13NO3. The Morgan fingerprint density at radius 1 is 1.05 bits per heavy atom. The van der Waals surface area contributed by atoms with E-state index in [1.807, 2.05) is 42.5 Å². The lowest BCUT2D eigenvalue weighted by molar-refractivity contribution is 0.0690. The average Bonchev–Trinajstić information content (AvgIpc) is 2.53. The van der Waals surface area contributed by atoms with Crippen LogP contribution in [0.5, 0.6) is 5.75 Å². The van der Waals surface area contributed by atoms with E-state index in [0.717, 1.165) is 22.1 Å². The van der Waals surface area contributed by atoms with Gasteiger partial charge in [0.05, 0.1) is 0 Å². The number of carboxylic acid groups (broad SMARTS) is 1. The number of rotatable bonds is 4. The van der Waals surface area contributed by atoms with Gasteiger partial charge in [0, 0.05) is 17.1 Å². The molecule has 3 aromatic rings.